The van der Waals surface area contributed by atoms with Crippen molar-refractivity contribution in [2.45, 2.75) is 31.6 Å². The maximum Gasteiger partial charge on any atom is 0.233 e. The second kappa shape index (κ2) is 7.75. The monoisotopic (exact) mass is 432 g/mol. The number of ether oxygens (including phenoxy) is 2. The molecular formula is C25H24N2O5. The lowest BCUT2D eigenvalue weighted by Crippen LogP contribution is -2.29. The normalized spacial score (nSPS) is 19.8. The first-order valence-electron chi connectivity index (χ1n) is 10.5. The Kier molecular flexibility index (Phi) is 4.89. The highest BCUT2D eigenvalue weighted by Crippen LogP contribution is 2.51. The summed E-state index contributed by atoms with van der Waals surface area (Å²) in [6, 6.07) is 13.6. The number of nitrogens with one attached hydrogen (secondary N) is 1. The van der Waals surface area contributed by atoms with Gasteiger partial charge in [0.15, 0.2) is 17.3 Å². The lowest BCUT2D eigenvalue weighted by atomic mass is 9.72. The number of phenolic OH excluding ortho intramolecular Hbond substituents is 1. The van der Waals surface area contributed by atoms with Crippen molar-refractivity contribution in [1.82, 2.24) is 5.16 Å². The number of aryl methyl sites for hydroxylation is 1. The van der Waals surface area contributed by atoms with Gasteiger partial charge >= 0.3 is 0 Å². The van der Waals surface area contributed by atoms with E-state index in [9.17, 15) is 9.90 Å². The van der Waals surface area contributed by atoms with Crippen molar-refractivity contribution >= 4 is 11.7 Å². The Bertz CT molecular complexity index is 1200. The molecule has 2 heterocycles. The zero-order chi connectivity index (χ0) is 22.4. The molecule has 0 unspecified atom stereocenters. The summed E-state index contributed by atoms with van der Waals surface area (Å²) in [6.07, 6.45) is 1.11. The minimum absolute atomic E-state index is 0.0786. The number of carbonyl (C=O) groups is 1. The van der Waals surface area contributed by atoms with Gasteiger partial charge in [0.1, 0.15) is 0 Å². The van der Waals surface area contributed by atoms with E-state index in [-0.39, 0.29) is 28.9 Å². The number of phenols is 1. The molecule has 1 aliphatic carbocycles. The van der Waals surface area contributed by atoms with Crippen molar-refractivity contribution in [2.75, 3.05) is 19.5 Å². The van der Waals surface area contributed by atoms with Gasteiger partial charge in [0.05, 0.1) is 25.5 Å². The topological polar surface area (TPSA) is 93.8 Å². The van der Waals surface area contributed by atoms with Crippen LogP contribution in [-0.2, 0) is 4.79 Å². The van der Waals surface area contributed by atoms with E-state index < -0.39 is 5.92 Å². The highest BCUT2D eigenvalue weighted by molar-refractivity contribution is 6.01. The average molecular weight is 432 g/mol. The van der Waals surface area contributed by atoms with Gasteiger partial charge in [-0.2, -0.15) is 0 Å². The van der Waals surface area contributed by atoms with Crippen molar-refractivity contribution in [3.63, 3.8) is 0 Å². The van der Waals surface area contributed by atoms with Crippen molar-refractivity contribution < 1.29 is 23.9 Å². The van der Waals surface area contributed by atoms with Crippen LogP contribution in [0.5, 0.6) is 17.2 Å². The number of hydrogen-bond donors (Lipinski definition) is 2. The van der Waals surface area contributed by atoms with Crippen LogP contribution in [0.4, 0.5) is 5.88 Å². The summed E-state index contributed by atoms with van der Waals surface area (Å²) >= 11 is 0. The van der Waals surface area contributed by atoms with E-state index in [4.69, 9.17) is 14.0 Å². The Morgan fingerprint density at radius 1 is 1.06 bits per heavy atom. The number of carbonyl (C=O) groups excluding carboxylic acids is 1. The molecule has 0 saturated heterocycles. The number of fused-ring (bicyclic) bond motifs is 1. The minimum Gasteiger partial charge on any atom is -0.502 e. The average Bonchev–Trinajstić information content (AvgIpc) is 3.18. The summed E-state index contributed by atoms with van der Waals surface area (Å²) in [5.74, 6) is 0.782. The second-order valence-electron chi connectivity index (χ2n) is 8.17. The molecule has 32 heavy (non-hydrogen) atoms. The molecule has 164 valence electrons. The fourth-order valence-electron chi connectivity index (χ4n) is 4.85. The Balaban J connectivity index is 1.67. The quantitative estimate of drug-likeness (QED) is 0.619. The number of nitrogens with zero attached hydrogens (tertiary/aromatic N) is 1. The molecule has 7 nitrogen and oxygen atoms in total. The number of Topliss-reactive ketones (excluding diaryl/α,β-unsaturated/α-hetero) is 1. The van der Waals surface area contributed by atoms with E-state index in [2.05, 4.69) is 22.6 Å². The zero-order valence-corrected chi connectivity index (χ0v) is 18.1. The van der Waals surface area contributed by atoms with Crippen LogP contribution in [-0.4, -0.2) is 30.3 Å². The first kappa shape index (κ1) is 20.2. The maximum atomic E-state index is 13.6. The number of hydrogen-bond acceptors (Lipinski definition) is 7. The zero-order valence-electron chi connectivity index (χ0n) is 18.1. The predicted molar refractivity (Wildman–Crippen MR) is 118 cm³/mol. The number of ketones is 1. The van der Waals surface area contributed by atoms with Crippen molar-refractivity contribution in [3.8, 4) is 17.2 Å². The number of allylic oxidation sites excluding steroid dienone is 2. The number of anilines is 1. The van der Waals surface area contributed by atoms with Gasteiger partial charge in [-0.3, -0.25) is 4.79 Å². The lowest BCUT2D eigenvalue weighted by molar-refractivity contribution is -0.116. The van der Waals surface area contributed by atoms with E-state index in [0.717, 1.165) is 22.4 Å². The van der Waals surface area contributed by atoms with Gasteiger partial charge < -0.3 is 24.4 Å². The number of aromatic hydroxyl groups is 1. The molecule has 2 aromatic carbocycles. The third-order valence-electron chi connectivity index (χ3n) is 6.36. The van der Waals surface area contributed by atoms with Crippen LogP contribution in [0.15, 0.2) is 58.3 Å². The summed E-state index contributed by atoms with van der Waals surface area (Å²) < 4.78 is 16.3. The molecule has 7 heteroatoms. The van der Waals surface area contributed by atoms with Crippen LogP contribution in [0.25, 0.3) is 0 Å². The van der Waals surface area contributed by atoms with Gasteiger partial charge in [-0.25, -0.2) is 0 Å². The minimum atomic E-state index is -0.403. The van der Waals surface area contributed by atoms with E-state index >= 15 is 0 Å². The van der Waals surface area contributed by atoms with Crippen LogP contribution in [0.1, 0.15) is 47.1 Å². The number of benzene rings is 2. The summed E-state index contributed by atoms with van der Waals surface area (Å²) in [5, 5.41) is 17.9. The van der Waals surface area contributed by atoms with Gasteiger partial charge in [-0.1, -0.05) is 35.5 Å². The molecule has 0 amide bonds. The molecular weight excluding hydrogens is 408 g/mol. The summed E-state index contributed by atoms with van der Waals surface area (Å²) in [5.41, 5.74) is 4.96. The Hall–Kier alpha value is -3.74. The number of methoxy groups -OCH3 is 2. The Morgan fingerprint density at radius 3 is 2.41 bits per heavy atom. The number of aromatic nitrogens is 1. The molecule has 5 rings (SSSR count). The fraction of sp³-hybridized carbons (Fsp3) is 0.280. The fourth-order valence-corrected chi connectivity index (χ4v) is 4.85. The molecule has 2 atom stereocenters. The first-order chi connectivity index (χ1) is 15.5. The Morgan fingerprint density at radius 2 is 1.75 bits per heavy atom. The van der Waals surface area contributed by atoms with Crippen LogP contribution < -0.4 is 14.8 Å². The molecule has 0 spiro atoms. The largest absolute Gasteiger partial charge is 0.502 e. The maximum absolute atomic E-state index is 13.6. The molecule has 3 aromatic rings. The molecule has 0 bridgehead atoms. The van der Waals surface area contributed by atoms with Crippen LogP contribution >= 0.6 is 0 Å². The van der Waals surface area contributed by atoms with Crippen LogP contribution in [0.2, 0.25) is 0 Å². The molecule has 0 saturated carbocycles. The molecule has 2 aliphatic rings. The number of rotatable bonds is 4. The lowest BCUT2D eigenvalue weighted by Gasteiger charge is -2.34. The summed E-state index contributed by atoms with van der Waals surface area (Å²) in [6.45, 7) is 1.86. The summed E-state index contributed by atoms with van der Waals surface area (Å²) in [7, 11) is 2.97. The van der Waals surface area contributed by atoms with Gasteiger partial charge in [0.25, 0.3) is 0 Å². The van der Waals surface area contributed by atoms with Crippen LogP contribution in [0.3, 0.4) is 0 Å². The SMILES string of the molecule is COc1cc([C@H]2C3=C(C[C@H](c4ccccc4)CC3=O)Nc3onc(C)c32)cc(OC)c1O. The molecule has 0 radical (unpaired) electrons. The molecule has 0 fully saturated rings. The van der Waals surface area contributed by atoms with Gasteiger partial charge in [-0.05, 0) is 42.5 Å². The molecule has 1 aliphatic heterocycles. The second-order valence-corrected chi connectivity index (χ2v) is 8.17. The van der Waals surface area contributed by atoms with E-state index in [1.54, 1.807) is 12.1 Å². The van der Waals surface area contributed by atoms with Gasteiger partial charge in [-0.15, -0.1) is 0 Å². The van der Waals surface area contributed by atoms with E-state index in [0.29, 0.717) is 30.0 Å². The molecule has 1 aromatic heterocycles. The van der Waals surface area contributed by atoms with Crippen molar-refractivity contribution in [1.29, 1.82) is 0 Å². The highest BCUT2D eigenvalue weighted by atomic mass is 16.5. The van der Waals surface area contributed by atoms with E-state index in [1.807, 2.05) is 25.1 Å². The Labute approximate surface area is 185 Å². The van der Waals surface area contributed by atoms with Crippen molar-refractivity contribution in [2.24, 2.45) is 0 Å². The summed E-state index contributed by atoms with van der Waals surface area (Å²) in [4.78, 5) is 13.6. The third kappa shape index (κ3) is 3.12. The highest BCUT2D eigenvalue weighted by Gasteiger charge is 2.41. The first-order valence-corrected chi connectivity index (χ1v) is 10.5. The van der Waals surface area contributed by atoms with Gasteiger partial charge in [0, 0.05) is 23.6 Å². The standard InChI is InChI=1S/C25H24N2O5/c1-13-21-22(16-11-19(30-2)24(29)20(12-16)31-3)23-17(26-25(21)32-27-13)9-15(10-18(23)28)14-7-5-4-6-8-14/h4-8,11-12,15,22,26,29H,9-10H2,1-3H3/t15-,22+/m0/s1. The predicted octanol–water partition coefficient (Wildman–Crippen LogP) is 4.66. The molecule has 2 N–H and O–H groups in total. The van der Waals surface area contributed by atoms with E-state index in [1.165, 1.54) is 14.2 Å². The van der Waals surface area contributed by atoms with Crippen LogP contribution in [0, 0.1) is 6.92 Å². The smallest absolute Gasteiger partial charge is 0.233 e. The third-order valence-corrected chi connectivity index (χ3v) is 6.36. The van der Waals surface area contributed by atoms with Crippen molar-refractivity contribution in [3.05, 3.63) is 76.1 Å². The van der Waals surface area contributed by atoms with Gasteiger partial charge in [0.2, 0.25) is 11.6 Å².